The molecule has 4 unspecified atom stereocenters. The Morgan fingerprint density at radius 2 is 1.33 bits per heavy atom. The Morgan fingerprint density at radius 3 is 1.44 bits per heavy atom. The van der Waals surface area contributed by atoms with Crippen LogP contribution < -0.4 is 0 Å². The SMILES string of the molecule is CC1C(O)CC(O)C1C. The van der Waals surface area contributed by atoms with Crippen molar-refractivity contribution in [2.24, 2.45) is 11.8 Å². The van der Waals surface area contributed by atoms with Crippen molar-refractivity contribution in [1.29, 1.82) is 0 Å². The molecule has 0 aromatic heterocycles. The number of hydrogen-bond donors (Lipinski definition) is 2. The average Bonchev–Trinajstić information content (AvgIpc) is 1.98. The van der Waals surface area contributed by atoms with Crippen LogP contribution in [0.5, 0.6) is 0 Å². The van der Waals surface area contributed by atoms with E-state index in [-0.39, 0.29) is 24.0 Å². The van der Waals surface area contributed by atoms with Crippen LogP contribution in [-0.2, 0) is 0 Å². The Hall–Kier alpha value is -0.0800. The maximum absolute atomic E-state index is 9.18. The first-order chi connectivity index (χ1) is 4.13. The molecule has 0 aromatic carbocycles. The molecule has 0 radical (unpaired) electrons. The third kappa shape index (κ3) is 1.10. The highest BCUT2D eigenvalue weighted by molar-refractivity contribution is 4.85. The fraction of sp³-hybridized carbons (Fsp3) is 1.00. The minimum atomic E-state index is -0.282. The van der Waals surface area contributed by atoms with Crippen LogP contribution in [-0.4, -0.2) is 22.4 Å². The fourth-order valence-corrected chi connectivity index (χ4v) is 1.38. The smallest absolute Gasteiger partial charge is 0.0594 e. The lowest BCUT2D eigenvalue weighted by Crippen LogP contribution is -2.15. The predicted molar refractivity (Wildman–Crippen MR) is 35.0 cm³/mol. The second kappa shape index (κ2) is 2.27. The van der Waals surface area contributed by atoms with Gasteiger partial charge in [0.15, 0.2) is 0 Å². The van der Waals surface area contributed by atoms with Gasteiger partial charge < -0.3 is 10.2 Å². The monoisotopic (exact) mass is 130 g/mol. The Balaban J connectivity index is 2.54. The van der Waals surface area contributed by atoms with E-state index >= 15 is 0 Å². The lowest BCUT2D eigenvalue weighted by molar-refractivity contribution is 0.123. The second-order valence-corrected chi connectivity index (χ2v) is 3.09. The number of hydrogen-bond acceptors (Lipinski definition) is 2. The summed E-state index contributed by atoms with van der Waals surface area (Å²) in [5, 5.41) is 18.4. The summed E-state index contributed by atoms with van der Waals surface area (Å²) in [4.78, 5) is 0. The van der Waals surface area contributed by atoms with Crippen molar-refractivity contribution in [1.82, 2.24) is 0 Å². The van der Waals surface area contributed by atoms with Crippen LogP contribution in [0.15, 0.2) is 0 Å². The molecule has 2 heteroatoms. The lowest BCUT2D eigenvalue weighted by atomic mass is 9.98. The Morgan fingerprint density at radius 1 is 1.00 bits per heavy atom. The number of aliphatic hydroxyl groups is 2. The van der Waals surface area contributed by atoms with Crippen LogP contribution in [0, 0.1) is 11.8 Å². The van der Waals surface area contributed by atoms with E-state index in [0.717, 1.165) is 0 Å². The second-order valence-electron chi connectivity index (χ2n) is 3.09. The maximum atomic E-state index is 9.18. The van der Waals surface area contributed by atoms with Gasteiger partial charge in [-0.1, -0.05) is 13.8 Å². The van der Waals surface area contributed by atoms with Crippen molar-refractivity contribution in [2.75, 3.05) is 0 Å². The molecule has 2 nitrogen and oxygen atoms in total. The lowest BCUT2D eigenvalue weighted by Gasteiger charge is -2.12. The van der Waals surface area contributed by atoms with Gasteiger partial charge in [-0.05, 0) is 18.3 Å². The molecular weight excluding hydrogens is 116 g/mol. The molecule has 1 saturated carbocycles. The maximum Gasteiger partial charge on any atom is 0.0594 e. The topological polar surface area (TPSA) is 40.5 Å². The highest BCUT2D eigenvalue weighted by Crippen LogP contribution is 2.31. The highest BCUT2D eigenvalue weighted by atomic mass is 16.3. The molecule has 0 bridgehead atoms. The van der Waals surface area contributed by atoms with Crippen LogP contribution in [0.2, 0.25) is 0 Å². The van der Waals surface area contributed by atoms with Crippen molar-refractivity contribution < 1.29 is 10.2 Å². The molecule has 1 aliphatic rings. The highest BCUT2D eigenvalue weighted by Gasteiger charge is 2.35. The summed E-state index contributed by atoms with van der Waals surface area (Å²) < 4.78 is 0. The average molecular weight is 130 g/mol. The molecule has 2 N–H and O–H groups in total. The van der Waals surface area contributed by atoms with Crippen LogP contribution in [0.1, 0.15) is 20.3 Å². The molecule has 54 valence electrons. The Bertz CT molecular complexity index is 91.1. The largest absolute Gasteiger partial charge is 0.393 e. The predicted octanol–water partition coefficient (Wildman–Crippen LogP) is 0.384. The van der Waals surface area contributed by atoms with E-state index in [2.05, 4.69) is 0 Å². The summed E-state index contributed by atoms with van der Waals surface area (Å²) in [7, 11) is 0. The molecule has 1 aliphatic carbocycles. The van der Waals surface area contributed by atoms with Gasteiger partial charge >= 0.3 is 0 Å². The molecule has 1 fully saturated rings. The fourth-order valence-electron chi connectivity index (χ4n) is 1.38. The zero-order valence-corrected chi connectivity index (χ0v) is 5.91. The van der Waals surface area contributed by atoms with E-state index in [1.165, 1.54) is 0 Å². The van der Waals surface area contributed by atoms with E-state index in [0.29, 0.717) is 6.42 Å². The number of rotatable bonds is 0. The van der Waals surface area contributed by atoms with Gasteiger partial charge in [0.2, 0.25) is 0 Å². The Kier molecular flexibility index (Phi) is 1.78. The van der Waals surface area contributed by atoms with E-state index in [1.54, 1.807) is 0 Å². The summed E-state index contributed by atoms with van der Waals surface area (Å²) in [6, 6.07) is 0. The van der Waals surface area contributed by atoms with Crippen LogP contribution in [0.3, 0.4) is 0 Å². The number of aliphatic hydroxyl groups excluding tert-OH is 2. The third-order valence-electron chi connectivity index (χ3n) is 2.53. The Labute approximate surface area is 55.5 Å². The van der Waals surface area contributed by atoms with Gasteiger partial charge in [0.1, 0.15) is 0 Å². The van der Waals surface area contributed by atoms with Crippen LogP contribution in [0.25, 0.3) is 0 Å². The van der Waals surface area contributed by atoms with Crippen LogP contribution >= 0.6 is 0 Å². The van der Waals surface area contributed by atoms with Crippen molar-refractivity contribution in [3.63, 3.8) is 0 Å². The standard InChI is InChI=1S/C7H14O2/c1-4-5(2)7(9)3-6(4)8/h4-9H,3H2,1-2H3. The third-order valence-corrected chi connectivity index (χ3v) is 2.53. The summed E-state index contributed by atoms with van der Waals surface area (Å²) in [6.07, 6.45) is -0.00694. The summed E-state index contributed by atoms with van der Waals surface area (Å²) in [5.41, 5.74) is 0. The molecule has 4 atom stereocenters. The molecule has 1 rings (SSSR count). The molecule has 9 heavy (non-hydrogen) atoms. The first-order valence-corrected chi connectivity index (χ1v) is 3.49. The molecule has 0 saturated heterocycles. The molecule has 0 spiro atoms. The first-order valence-electron chi connectivity index (χ1n) is 3.49. The van der Waals surface area contributed by atoms with Gasteiger partial charge in [-0.15, -0.1) is 0 Å². The van der Waals surface area contributed by atoms with E-state index in [1.807, 2.05) is 13.8 Å². The van der Waals surface area contributed by atoms with Crippen molar-refractivity contribution >= 4 is 0 Å². The van der Waals surface area contributed by atoms with Crippen LogP contribution in [0.4, 0.5) is 0 Å². The van der Waals surface area contributed by atoms with Gasteiger partial charge in [-0.2, -0.15) is 0 Å². The van der Waals surface area contributed by atoms with Crippen molar-refractivity contribution in [2.45, 2.75) is 32.5 Å². The zero-order valence-electron chi connectivity index (χ0n) is 5.91. The minimum Gasteiger partial charge on any atom is -0.393 e. The van der Waals surface area contributed by atoms with Gasteiger partial charge in [0.25, 0.3) is 0 Å². The molecule has 0 aliphatic heterocycles. The first kappa shape index (κ1) is 7.03. The summed E-state index contributed by atoms with van der Waals surface area (Å²) >= 11 is 0. The van der Waals surface area contributed by atoms with E-state index in [9.17, 15) is 10.2 Å². The molecule has 0 amide bonds. The van der Waals surface area contributed by atoms with E-state index in [4.69, 9.17) is 0 Å². The molecule has 0 heterocycles. The van der Waals surface area contributed by atoms with Crippen molar-refractivity contribution in [3.8, 4) is 0 Å². The molecular formula is C7H14O2. The zero-order chi connectivity index (χ0) is 7.02. The minimum absolute atomic E-state index is 0.264. The van der Waals surface area contributed by atoms with Crippen molar-refractivity contribution in [3.05, 3.63) is 0 Å². The van der Waals surface area contributed by atoms with E-state index < -0.39 is 0 Å². The van der Waals surface area contributed by atoms with Gasteiger partial charge in [-0.3, -0.25) is 0 Å². The summed E-state index contributed by atoms with van der Waals surface area (Å²) in [6.45, 7) is 3.96. The molecule has 0 aromatic rings. The van der Waals surface area contributed by atoms with Gasteiger partial charge in [0, 0.05) is 0 Å². The summed E-state index contributed by atoms with van der Waals surface area (Å²) in [5.74, 6) is 0.528. The van der Waals surface area contributed by atoms with Gasteiger partial charge in [0.05, 0.1) is 12.2 Å². The van der Waals surface area contributed by atoms with Gasteiger partial charge in [-0.25, -0.2) is 0 Å². The quantitative estimate of drug-likeness (QED) is 0.498. The normalized spacial score (nSPS) is 52.0.